The predicted molar refractivity (Wildman–Crippen MR) is 157 cm³/mol. The van der Waals surface area contributed by atoms with Crippen LogP contribution < -0.4 is 14.9 Å². The molecule has 1 aliphatic heterocycles. The van der Waals surface area contributed by atoms with Crippen molar-refractivity contribution < 1.29 is 27.1 Å². The molecule has 1 aliphatic carbocycles. The predicted octanol–water partition coefficient (Wildman–Crippen LogP) is 5.82. The SMILES string of the molecule is CC(C)COC(=O)N1CCC(C)(C)c2ccc(S(=O)(=O)N[C@H]3CC[C@H](C(=O)N[C@H](C)c4ccc(F)cc4)CC3)cc21. The number of halogens is 1. The quantitative estimate of drug-likeness (QED) is 0.405. The summed E-state index contributed by atoms with van der Waals surface area (Å²) in [6, 6.07) is 10.5. The first kappa shape index (κ1) is 31.0. The minimum absolute atomic E-state index is 0.0788. The normalized spacial score (nSPS) is 21.2. The Morgan fingerprint density at radius 3 is 2.34 bits per heavy atom. The summed E-state index contributed by atoms with van der Waals surface area (Å²) in [5, 5.41) is 3.00. The van der Waals surface area contributed by atoms with Crippen LogP contribution >= 0.6 is 0 Å². The summed E-state index contributed by atoms with van der Waals surface area (Å²) in [5.74, 6) is -0.427. The molecule has 2 amide bonds. The number of ether oxygens (including phenoxy) is 1. The molecule has 2 aromatic carbocycles. The van der Waals surface area contributed by atoms with Gasteiger partial charge in [-0.25, -0.2) is 22.3 Å². The van der Waals surface area contributed by atoms with E-state index in [9.17, 15) is 22.4 Å². The van der Waals surface area contributed by atoms with E-state index in [2.05, 4.69) is 23.9 Å². The number of hydrogen-bond acceptors (Lipinski definition) is 5. The van der Waals surface area contributed by atoms with Gasteiger partial charge in [-0.05, 0) is 85.8 Å². The Kier molecular flexibility index (Phi) is 9.43. The second kappa shape index (κ2) is 12.5. The molecule has 10 heteroatoms. The van der Waals surface area contributed by atoms with Gasteiger partial charge in [0.25, 0.3) is 0 Å². The van der Waals surface area contributed by atoms with Crippen molar-refractivity contribution in [1.29, 1.82) is 0 Å². The fourth-order valence-corrected chi connectivity index (χ4v) is 6.88. The van der Waals surface area contributed by atoms with Gasteiger partial charge in [-0.1, -0.05) is 45.9 Å². The number of sulfonamides is 1. The van der Waals surface area contributed by atoms with Crippen molar-refractivity contribution in [3.63, 3.8) is 0 Å². The van der Waals surface area contributed by atoms with Crippen molar-refractivity contribution in [3.05, 3.63) is 59.4 Å². The molecule has 2 aliphatic rings. The van der Waals surface area contributed by atoms with Gasteiger partial charge >= 0.3 is 6.09 Å². The molecule has 0 radical (unpaired) electrons. The molecule has 0 saturated heterocycles. The van der Waals surface area contributed by atoms with Gasteiger partial charge in [-0.15, -0.1) is 0 Å². The molecule has 41 heavy (non-hydrogen) atoms. The van der Waals surface area contributed by atoms with E-state index in [4.69, 9.17) is 4.74 Å². The van der Waals surface area contributed by atoms with Crippen molar-refractivity contribution in [1.82, 2.24) is 10.0 Å². The average Bonchev–Trinajstić information content (AvgIpc) is 2.92. The zero-order valence-corrected chi connectivity index (χ0v) is 25.4. The highest BCUT2D eigenvalue weighted by atomic mass is 32.2. The number of rotatable bonds is 8. The molecule has 224 valence electrons. The third-order valence-electron chi connectivity index (χ3n) is 8.17. The highest BCUT2D eigenvalue weighted by Gasteiger charge is 2.36. The second-order valence-electron chi connectivity index (χ2n) is 12.4. The minimum Gasteiger partial charge on any atom is -0.449 e. The summed E-state index contributed by atoms with van der Waals surface area (Å²) in [6.45, 7) is 10.7. The van der Waals surface area contributed by atoms with Crippen LogP contribution in [0.15, 0.2) is 47.4 Å². The lowest BCUT2D eigenvalue weighted by atomic mass is 9.78. The fourth-order valence-electron chi connectivity index (χ4n) is 5.55. The first-order chi connectivity index (χ1) is 19.3. The molecular formula is C31H42FN3O5S. The second-order valence-corrected chi connectivity index (χ2v) is 14.1. The van der Waals surface area contributed by atoms with E-state index in [0.717, 1.165) is 17.5 Å². The van der Waals surface area contributed by atoms with Crippen molar-refractivity contribution in [3.8, 4) is 0 Å². The zero-order chi connectivity index (χ0) is 29.9. The van der Waals surface area contributed by atoms with E-state index in [0.29, 0.717) is 44.5 Å². The largest absolute Gasteiger partial charge is 0.449 e. The highest BCUT2D eigenvalue weighted by molar-refractivity contribution is 7.89. The van der Waals surface area contributed by atoms with Gasteiger partial charge in [0.15, 0.2) is 0 Å². The van der Waals surface area contributed by atoms with E-state index < -0.39 is 16.1 Å². The van der Waals surface area contributed by atoms with Crippen LogP contribution in [-0.2, 0) is 25.0 Å². The Morgan fingerprint density at radius 1 is 1.05 bits per heavy atom. The lowest BCUT2D eigenvalue weighted by molar-refractivity contribution is -0.126. The molecular weight excluding hydrogens is 545 g/mol. The molecule has 0 bridgehead atoms. The lowest BCUT2D eigenvalue weighted by Crippen LogP contribution is -2.42. The molecule has 1 heterocycles. The van der Waals surface area contributed by atoms with Crippen LogP contribution in [0.1, 0.15) is 83.9 Å². The monoisotopic (exact) mass is 587 g/mol. The maximum absolute atomic E-state index is 13.4. The van der Waals surface area contributed by atoms with Gasteiger partial charge in [0, 0.05) is 18.5 Å². The van der Waals surface area contributed by atoms with E-state index >= 15 is 0 Å². The number of amides is 2. The van der Waals surface area contributed by atoms with Crippen molar-refractivity contribution >= 4 is 27.7 Å². The summed E-state index contributed by atoms with van der Waals surface area (Å²) in [5.41, 5.74) is 2.08. The van der Waals surface area contributed by atoms with E-state index in [1.807, 2.05) is 20.8 Å². The average molecular weight is 588 g/mol. The summed E-state index contributed by atoms with van der Waals surface area (Å²) in [7, 11) is -3.86. The van der Waals surface area contributed by atoms with Crippen molar-refractivity contribution in [2.75, 3.05) is 18.1 Å². The Morgan fingerprint density at radius 2 is 1.71 bits per heavy atom. The minimum atomic E-state index is -3.86. The third-order valence-corrected chi connectivity index (χ3v) is 9.69. The number of anilines is 1. The van der Waals surface area contributed by atoms with Crippen molar-refractivity contribution in [2.24, 2.45) is 11.8 Å². The topological polar surface area (TPSA) is 105 Å². The van der Waals surface area contributed by atoms with Crippen LogP contribution in [0.5, 0.6) is 0 Å². The van der Waals surface area contributed by atoms with Crippen LogP contribution in [-0.4, -0.2) is 39.6 Å². The third kappa shape index (κ3) is 7.46. The van der Waals surface area contributed by atoms with Crippen molar-refractivity contribution in [2.45, 2.75) is 89.1 Å². The summed E-state index contributed by atoms with van der Waals surface area (Å²) in [4.78, 5) is 27.4. The number of hydrogen-bond donors (Lipinski definition) is 2. The molecule has 1 fully saturated rings. The van der Waals surface area contributed by atoms with Gasteiger partial charge < -0.3 is 10.1 Å². The van der Waals surface area contributed by atoms with Gasteiger partial charge in [-0.2, -0.15) is 0 Å². The van der Waals surface area contributed by atoms with Crippen LogP contribution in [0.25, 0.3) is 0 Å². The molecule has 2 aromatic rings. The summed E-state index contributed by atoms with van der Waals surface area (Å²) < 4.78 is 48.4. The molecule has 4 rings (SSSR count). The summed E-state index contributed by atoms with van der Waals surface area (Å²) >= 11 is 0. The number of nitrogens with zero attached hydrogens (tertiary/aromatic N) is 1. The fraction of sp³-hybridized carbons (Fsp3) is 0.548. The number of nitrogens with one attached hydrogen (secondary N) is 2. The highest BCUT2D eigenvalue weighted by Crippen LogP contribution is 2.41. The van der Waals surface area contributed by atoms with Gasteiger partial charge in [0.1, 0.15) is 5.82 Å². The van der Waals surface area contributed by atoms with Gasteiger partial charge in [0.2, 0.25) is 15.9 Å². The van der Waals surface area contributed by atoms with Crippen LogP contribution in [0.4, 0.5) is 14.9 Å². The first-order valence-corrected chi connectivity index (χ1v) is 15.9. The molecule has 0 unspecified atom stereocenters. The van der Waals surface area contributed by atoms with E-state index in [-0.39, 0.29) is 46.0 Å². The Bertz CT molecular complexity index is 1350. The maximum Gasteiger partial charge on any atom is 0.414 e. The first-order valence-electron chi connectivity index (χ1n) is 14.4. The molecule has 1 atom stereocenters. The zero-order valence-electron chi connectivity index (χ0n) is 24.6. The molecule has 2 N–H and O–H groups in total. The van der Waals surface area contributed by atoms with Crippen LogP contribution in [0, 0.1) is 17.7 Å². The Labute approximate surface area is 243 Å². The lowest BCUT2D eigenvalue weighted by Gasteiger charge is -2.38. The maximum atomic E-state index is 13.4. The summed E-state index contributed by atoms with van der Waals surface area (Å²) in [6.07, 6.45) is 2.46. The number of fused-ring (bicyclic) bond motifs is 1. The number of benzene rings is 2. The molecule has 0 spiro atoms. The van der Waals surface area contributed by atoms with Crippen LogP contribution in [0.3, 0.4) is 0 Å². The van der Waals surface area contributed by atoms with Gasteiger partial charge in [0.05, 0.1) is 23.2 Å². The standard InChI is InChI=1S/C31H42FN3O5S/c1-20(2)19-40-30(37)35-17-16-31(4,5)27-15-14-26(18-28(27)35)41(38,39)34-25-12-8-23(9-13-25)29(36)33-21(3)22-6-10-24(32)11-7-22/h6-7,10-11,14-15,18,20-21,23,25,34H,8-9,12-13,16-17,19H2,1-5H3,(H,33,36)/t21-,23-,25-/m1/s1. The van der Waals surface area contributed by atoms with Gasteiger partial charge in [-0.3, -0.25) is 9.69 Å². The molecule has 8 nitrogen and oxygen atoms in total. The Balaban J connectivity index is 1.40. The number of carbonyl (C=O) groups excluding carboxylic acids is 2. The molecule has 0 aromatic heterocycles. The van der Waals surface area contributed by atoms with E-state index in [1.54, 1.807) is 35.2 Å². The van der Waals surface area contributed by atoms with E-state index in [1.165, 1.54) is 12.1 Å². The van der Waals surface area contributed by atoms with Crippen LogP contribution in [0.2, 0.25) is 0 Å². The molecule has 1 saturated carbocycles. The smallest absolute Gasteiger partial charge is 0.414 e. The Hall–Kier alpha value is -2.98. The number of carbonyl (C=O) groups is 2.